The van der Waals surface area contributed by atoms with Crippen molar-refractivity contribution in [2.75, 3.05) is 7.11 Å². The molecule has 1 amide bonds. The van der Waals surface area contributed by atoms with Crippen molar-refractivity contribution < 1.29 is 19.4 Å². The van der Waals surface area contributed by atoms with Gasteiger partial charge in [0.1, 0.15) is 11.3 Å². The van der Waals surface area contributed by atoms with Crippen LogP contribution in [0, 0.1) is 0 Å². The second-order valence-electron chi connectivity index (χ2n) is 3.89. The third-order valence-corrected chi connectivity index (χ3v) is 2.59. The van der Waals surface area contributed by atoms with Gasteiger partial charge >= 0.3 is 5.97 Å². The zero-order valence-electron chi connectivity index (χ0n) is 9.77. The molecule has 5 heteroatoms. The monoisotopic (exact) mass is 237 g/mol. The number of hydrogen-bond acceptors (Lipinski definition) is 3. The van der Waals surface area contributed by atoms with Gasteiger partial charge in [-0.1, -0.05) is 18.2 Å². The van der Waals surface area contributed by atoms with Crippen LogP contribution in [0.4, 0.5) is 0 Å². The molecule has 0 bridgehead atoms. The molecule has 2 N–H and O–H groups in total. The van der Waals surface area contributed by atoms with Crippen LogP contribution in [-0.4, -0.2) is 30.1 Å². The van der Waals surface area contributed by atoms with Crippen LogP contribution in [0.3, 0.4) is 0 Å². The second-order valence-corrected chi connectivity index (χ2v) is 3.89. The lowest BCUT2D eigenvalue weighted by Crippen LogP contribution is -2.50. The van der Waals surface area contributed by atoms with E-state index in [1.807, 2.05) is 0 Å². The van der Waals surface area contributed by atoms with Crippen LogP contribution >= 0.6 is 0 Å². The normalized spacial score (nSPS) is 13.5. The standard InChI is InChI=1S/C12H15NO4/c1-12(11(15)16,13-8-14)7-9-5-3-4-6-10(9)17-2/h3-6,8H,7H2,1-2H3,(H,13,14)(H,15,16). The number of carbonyl (C=O) groups excluding carboxylic acids is 1. The molecule has 1 aromatic carbocycles. The lowest BCUT2D eigenvalue weighted by atomic mass is 9.92. The molecule has 0 aliphatic carbocycles. The molecule has 17 heavy (non-hydrogen) atoms. The summed E-state index contributed by atoms with van der Waals surface area (Å²) in [6, 6.07) is 7.11. The summed E-state index contributed by atoms with van der Waals surface area (Å²) in [5.74, 6) is -0.483. The third kappa shape index (κ3) is 2.96. The lowest BCUT2D eigenvalue weighted by Gasteiger charge is -2.24. The number of aliphatic carboxylic acids is 1. The van der Waals surface area contributed by atoms with Gasteiger partial charge in [-0.3, -0.25) is 4.79 Å². The first-order valence-electron chi connectivity index (χ1n) is 5.10. The van der Waals surface area contributed by atoms with E-state index in [0.29, 0.717) is 12.2 Å². The van der Waals surface area contributed by atoms with Gasteiger partial charge in [0.05, 0.1) is 7.11 Å². The van der Waals surface area contributed by atoms with Crippen LogP contribution in [0.25, 0.3) is 0 Å². The highest BCUT2D eigenvalue weighted by Gasteiger charge is 2.33. The lowest BCUT2D eigenvalue weighted by molar-refractivity contribution is -0.145. The van der Waals surface area contributed by atoms with Gasteiger partial charge in [-0.25, -0.2) is 4.79 Å². The first kappa shape index (κ1) is 13.0. The van der Waals surface area contributed by atoms with E-state index in [9.17, 15) is 9.59 Å². The van der Waals surface area contributed by atoms with Gasteiger partial charge in [0.2, 0.25) is 6.41 Å². The van der Waals surface area contributed by atoms with Gasteiger partial charge in [-0.2, -0.15) is 0 Å². The smallest absolute Gasteiger partial charge is 0.329 e. The number of nitrogens with one attached hydrogen (secondary N) is 1. The number of carboxylic acid groups (broad SMARTS) is 1. The van der Waals surface area contributed by atoms with Crippen molar-refractivity contribution in [2.24, 2.45) is 0 Å². The number of ether oxygens (including phenoxy) is 1. The molecule has 0 aliphatic heterocycles. The van der Waals surface area contributed by atoms with E-state index in [0.717, 1.165) is 5.56 Å². The van der Waals surface area contributed by atoms with Crippen LogP contribution in [0.15, 0.2) is 24.3 Å². The quantitative estimate of drug-likeness (QED) is 0.718. The molecule has 5 nitrogen and oxygen atoms in total. The van der Waals surface area contributed by atoms with E-state index in [2.05, 4.69) is 5.32 Å². The van der Waals surface area contributed by atoms with Crippen molar-refractivity contribution >= 4 is 12.4 Å². The molecule has 0 aromatic heterocycles. The van der Waals surface area contributed by atoms with Crippen LogP contribution in [0.1, 0.15) is 12.5 Å². The van der Waals surface area contributed by atoms with Crippen molar-refractivity contribution in [3.8, 4) is 5.75 Å². The highest BCUT2D eigenvalue weighted by atomic mass is 16.5. The number of amides is 1. The number of benzene rings is 1. The van der Waals surface area contributed by atoms with Crippen LogP contribution in [-0.2, 0) is 16.0 Å². The maximum atomic E-state index is 11.2. The third-order valence-electron chi connectivity index (χ3n) is 2.59. The Balaban J connectivity index is 3.01. The first-order valence-corrected chi connectivity index (χ1v) is 5.10. The first-order chi connectivity index (χ1) is 8.03. The Morgan fingerprint density at radius 3 is 2.71 bits per heavy atom. The molecule has 0 aliphatic rings. The summed E-state index contributed by atoms with van der Waals surface area (Å²) < 4.78 is 5.14. The molecule has 0 fully saturated rings. The Morgan fingerprint density at radius 1 is 1.53 bits per heavy atom. The summed E-state index contributed by atoms with van der Waals surface area (Å²) in [6.45, 7) is 1.45. The summed E-state index contributed by atoms with van der Waals surface area (Å²) in [5, 5.41) is 11.4. The Bertz CT molecular complexity index is 419. The second kappa shape index (κ2) is 5.34. The van der Waals surface area contributed by atoms with Crippen LogP contribution < -0.4 is 10.1 Å². The molecule has 92 valence electrons. The topological polar surface area (TPSA) is 75.6 Å². The molecular formula is C12H15NO4. The fourth-order valence-electron chi connectivity index (χ4n) is 1.55. The minimum atomic E-state index is -1.34. The minimum absolute atomic E-state index is 0.158. The molecule has 1 atom stereocenters. The summed E-state index contributed by atoms with van der Waals surface area (Å²) in [7, 11) is 1.52. The minimum Gasteiger partial charge on any atom is -0.496 e. The van der Waals surface area contributed by atoms with E-state index in [1.165, 1.54) is 14.0 Å². The molecule has 0 radical (unpaired) electrons. The number of methoxy groups -OCH3 is 1. The van der Waals surface area contributed by atoms with Crippen molar-refractivity contribution in [2.45, 2.75) is 18.9 Å². The Labute approximate surface area is 99.4 Å². The van der Waals surface area contributed by atoms with E-state index in [4.69, 9.17) is 9.84 Å². The van der Waals surface area contributed by atoms with Crippen LogP contribution in [0.5, 0.6) is 5.75 Å². The molecular weight excluding hydrogens is 222 g/mol. The van der Waals surface area contributed by atoms with Gasteiger partial charge in [0.25, 0.3) is 0 Å². The zero-order chi connectivity index (χ0) is 12.9. The zero-order valence-corrected chi connectivity index (χ0v) is 9.77. The highest BCUT2D eigenvalue weighted by Crippen LogP contribution is 2.22. The molecule has 1 aromatic rings. The average molecular weight is 237 g/mol. The maximum absolute atomic E-state index is 11.2. The summed E-state index contributed by atoms with van der Waals surface area (Å²) in [4.78, 5) is 21.6. The molecule has 1 unspecified atom stereocenters. The van der Waals surface area contributed by atoms with E-state index < -0.39 is 11.5 Å². The Morgan fingerprint density at radius 2 is 2.18 bits per heavy atom. The Hall–Kier alpha value is -2.04. The van der Waals surface area contributed by atoms with E-state index in [-0.39, 0.29) is 6.42 Å². The van der Waals surface area contributed by atoms with Gasteiger partial charge < -0.3 is 15.2 Å². The predicted octanol–water partition coefficient (Wildman–Crippen LogP) is 0.827. The fourth-order valence-corrected chi connectivity index (χ4v) is 1.55. The highest BCUT2D eigenvalue weighted by molar-refractivity contribution is 5.81. The largest absolute Gasteiger partial charge is 0.496 e. The maximum Gasteiger partial charge on any atom is 0.329 e. The number of carbonyl (C=O) groups is 2. The number of rotatable bonds is 6. The molecule has 0 saturated carbocycles. The predicted molar refractivity (Wildman–Crippen MR) is 61.9 cm³/mol. The molecule has 0 spiro atoms. The molecule has 1 rings (SSSR count). The summed E-state index contributed by atoms with van der Waals surface area (Å²) >= 11 is 0. The van der Waals surface area contributed by atoms with Crippen LogP contribution in [0.2, 0.25) is 0 Å². The van der Waals surface area contributed by atoms with E-state index >= 15 is 0 Å². The van der Waals surface area contributed by atoms with Crippen molar-refractivity contribution in [1.82, 2.24) is 5.32 Å². The van der Waals surface area contributed by atoms with Gasteiger partial charge in [-0.15, -0.1) is 0 Å². The van der Waals surface area contributed by atoms with Crippen molar-refractivity contribution in [3.05, 3.63) is 29.8 Å². The summed E-state index contributed by atoms with van der Waals surface area (Å²) in [5.41, 5.74) is -0.606. The van der Waals surface area contributed by atoms with Gasteiger partial charge in [0.15, 0.2) is 0 Å². The van der Waals surface area contributed by atoms with Crippen molar-refractivity contribution in [3.63, 3.8) is 0 Å². The van der Waals surface area contributed by atoms with Gasteiger partial charge in [0, 0.05) is 6.42 Å². The average Bonchev–Trinajstić information content (AvgIpc) is 2.30. The number of hydrogen-bond donors (Lipinski definition) is 2. The molecule has 0 saturated heterocycles. The van der Waals surface area contributed by atoms with Crippen molar-refractivity contribution in [1.29, 1.82) is 0 Å². The summed E-state index contributed by atoms with van der Waals surface area (Å²) in [6.07, 6.45) is 0.550. The number of carboxylic acids is 1. The SMILES string of the molecule is COc1ccccc1CC(C)(NC=O)C(=O)O. The fraction of sp³-hybridized carbons (Fsp3) is 0.333. The Kier molecular flexibility index (Phi) is 4.09. The number of para-hydroxylation sites is 1. The molecule has 0 heterocycles. The van der Waals surface area contributed by atoms with E-state index in [1.54, 1.807) is 24.3 Å². The van der Waals surface area contributed by atoms with Gasteiger partial charge in [-0.05, 0) is 18.6 Å².